The fourth-order valence-electron chi connectivity index (χ4n) is 2.01. The van der Waals surface area contributed by atoms with Gasteiger partial charge in [0.2, 0.25) is 0 Å². The molecule has 0 amide bonds. The summed E-state index contributed by atoms with van der Waals surface area (Å²) < 4.78 is 21.4. The molecular formula is C12H13Cl2FN2O. The van der Waals surface area contributed by atoms with Crippen LogP contribution in [0.5, 0.6) is 0 Å². The Hall–Kier alpha value is -0.840. The zero-order valence-corrected chi connectivity index (χ0v) is 11.5. The second-order valence-electron chi connectivity index (χ2n) is 4.17. The van der Waals surface area contributed by atoms with E-state index in [1.807, 2.05) is 0 Å². The molecule has 0 bridgehead atoms. The Bertz CT molecular complexity index is 488. The van der Waals surface area contributed by atoms with Crippen molar-refractivity contribution in [2.45, 2.75) is 23.7 Å². The molecule has 3 unspecified atom stereocenters. The molecule has 0 fully saturated rings. The van der Waals surface area contributed by atoms with Crippen molar-refractivity contribution in [2.75, 3.05) is 7.11 Å². The van der Waals surface area contributed by atoms with E-state index in [0.29, 0.717) is 5.03 Å². The number of rotatable bonds is 3. The third-order valence-corrected chi connectivity index (χ3v) is 4.12. The number of halogens is 3. The molecule has 18 heavy (non-hydrogen) atoms. The van der Waals surface area contributed by atoms with Crippen molar-refractivity contribution in [2.24, 2.45) is 0 Å². The van der Waals surface area contributed by atoms with Crippen molar-refractivity contribution in [1.29, 1.82) is 0 Å². The zero-order chi connectivity index (χ0) is 13.4. The highest BCUT2D eigenvalue weighted by molar-refractivity contribution is 6.33. The van der Waals surface area contributed by atoms with Gasteiger partial charge in [-0.25, -0.2) is 9.37 Å². The standard InChI is InChI=1S/C12H13Cl2FN2O/c1-9(17-6-5-16-8-17)11(14)7-10(13)3-4-12(11,15)18-2/h3-9H,1-2H3. The summed E-state index contributed by atoms with van der Waals surface area (Å²) in [5.41, 5.74) is 0. The van der Waals surface area contributed by atoms with Gasteiger partial charge < -0.3 is 9.30 Å². The van der Waals surface area contributed by atoms with Gasteiger partial charge in [-0.15, -0.1) is 11.6 Å². The number of nitrogens with zero attached hydrogens (tertiary/aromatic N) is 2. The Morgan fingerprint density at radius 3 is 2.83 bits per heavy atom. The molecule has 1 heterocycles. The largest absolute Gasteiger partial charge is 0.344 e. The number of methoxy groups -OCH3 is 1. The molecule has 0 radical (unpaired) electrons. The minimum Gasteiger partial charge on any atom is -0.344 e. The molecule has 1 aliphatic carbocycles. The minimum absolute atomic E-state index is 0.377. The van der Waals surface area contributed by atoms with Crippen LogP contribution in [0, 0.1) is 0 Å². The van der Waals surface area contributed by atoms with E-state index in [2.05, 4.69) is 4.98 Å². The number of alkyl halides is 2. The normalized spacial score (nSPS) is 33.3. The summed E-state index contributed by atoms with van der Waals surface area (Å²) >= 11 is 12.4. The maximum Gasteiger partial charge on any atom is 0.253 e. The third-order valence-electron chi connectivity index (χ3n) is 3.20. The smallest absolute Gasteiger partial charge is 0.253 e. The number of allylic oxidation sites excluding steroid dienone is 2. The van der Waals surface area contributed by atoms with Gasteiger partial charge in [-0.3, -0.25) is 0 Å². The van der Waals surface area contributed by atoms with Crippen molar-refractivity contribution < 1.29 is 9.13 Å². The van der Waals surface area contributed by atoms with Crippen molar-refractivity contribution in [3.05, 3.63) is 42.0 Å². The summed E-state index contributed by atoms with van der Waals surface area (Å²) in [6.45, 7) is 1.78. The first-order valence-corrected chi connectivity index (χ1v) is 6.16. The maximum absolute atomic E-state index is 14.8. The Balaban J connectivity index is 2.46. The summed E-state index contributed by atoms with van der Waals surface area (Å²) in [6.07, 6.45) is 9.02. The lowest BCUT2D eigenvalue weighted by molar-refractivity contribution is -0.109. The van der Waals surface area contributed by atoms with Crippen LogP contribution < -0.4 is 0 Å². The average Bonchev–Trinajstić information content (AvgIpc) is 2.87. The van der Waals surface area contributed by atoms with Gasteiger partial charge in [-0.05, 0) is 25.2 Å². The Morgan fingerprint density at radius 1 is 1.56 bits per heavy atom. The first-order valence-electron chi connectivity index (χ1n) is 5.41. The molecule has 98 valence electrons. The zero-order valence-electron chi connectivity index (χ0n) is 9.98. The maximum atomic E-state index is 14.8. The predicted molar refractivity (Wildman–Crippen MR) is 69.4 cm³/mol. The molecule has 0 spiro atoms. The number of hydrogen-bond donors (Lipinski definition) is 0. The molecule has 0 N–H and O–H groups in total. The van der Waals surface area contributed by atoms with Gasteiger partial charge in [0.1, 0.15) is 4.87 Å². The van der Waals surface area contributed by atoms with E-state index >= 15 is 0 Å². The van der Waals surface area contributed by atoms with Gasteiger partial charge in [0.05, 0.1) is 12.4 Å². The molecule has 3 nitrogen and oxygen atoms in total. The van der Waals surface area contributed by atoms with Crippen LogP contribution in [0.3, 0.4) is 0 Å². The average molecular weight is 291 g/mol. The van der Waals surface area contributed by atoms with Crippen LogP contribution >= 0.6 is 23.2 Å². The van der Waals surface area contributed by atoms with Crippen LogP contribution in [0.15, 0.2) is 42.0 Å². The quantitative estimate of drug-likeness (QED) is 0.798. The molecule has 1 aliphatic rings. The minimum atomic E-state index is -2.13. The fourth-order valence-corrected chi connectivity index (χ4v) is 2.67. The van der Waals surface area contributed by atoms with Crippen LogP contribution in [-0.4, -0.2) is 27.4 Å². The molecule has 1 aromatic rings. The molecule has 1 aromatic heterocycles. The third kappa shape index (κ3) is 1.98. The Kier molecular flexibility index (Phi) is 3.54. The van der Waals surface area contributed by atoms with Crippen LogP contribution in [0.1, 0.15) is 13.0 Å². The van der Waals surface area contributed by atoms with Crippen LogP contribution in [-0.2, 0) is 4.74 Å². The molecule has 0 aromatic carbocycles. The summed E-state index contributed by atoms with van der Waals surface area (Å²) in [4.78, 5) is 2.49. The van der Waals surface area contributed by atoms with E-state index in [-0.39, 0.29) is 0 Å². The molecule has 3 atom stereocenters. The fraction of sp³-hybridized carbons (Fsp3) is 0.417. The van der Waals surface area contributed by atoms with E-state index in [4.69, 9.17) is 27.9 Å². The molecule has 2 rings (SSSR count). The lowest BCUT2D eigenvalue weighted by atomic mass is 9.87. The van der Waals surface area contributed by atoms with Crippen molar-refractivity contribution in [3.63, 3.8) is 0 Å². The highest BCUT2D eigenvalue weighted by Crippen LogP contribution is 2.47. The van der Waals surface area contributed by atoms with E-state index in [1.54, 1.807) is 30.2 Å². The topological polar surface area (TPSA) is 27.1 Å². The van der Waals surface area contributed by atoms with E-state index < -0.39 is 16.8 Å². The highest BCUT2D eigenvalue weighted by Gasteiger charge is 2.54. The van der Waals surface area contributed by atoms with Gasteiger partial charge in [-0.2, -0.15) is 0 Å². The predicted octanol–water partition coefficient (Wildman–Crippen LogP) is 3.43. The molecule has 0 saturated heterocycles. The molecule has 0 saturated carbocycles. The van der Waals surface area contributed by atoms with Crippen molar-refractivity contribution in [1.82, 2.24) is 9.55 Å². The second-order valence-corrected chi connectivity index (χ2v) is 5.23. The highest BCUT2D eigenvalue weighted by atomic mass is 35.5. The second kappa shape index (κ2) is 4.68. The van der Waals surface area contributed by atoms with E-state index in [0.717, 1.165) is 0 Å². The van der Waals surface area contributed by atoms with Gasteiger partial charge in [-0.1, -0.05) is 11.6 Å². The van der Waals surface area contributed by atoms with Crippen LogP contribution in [0.4, 0.5) is 4.39 Å². The summed E-state index contributed by atoms with van der Waals surface area (Å²) in [5, 5.41) is 0.377. The van der Waals surface area contributed by atoms with Gasteiger partial charge in [0.15, 0.2) is 0 Å². The lowest BCUT2D eigenvalue weighted by Gasteiger charge is -2.42. The number of aromatic nitrogens is 2. The number of hydrogen-bond acceptors (Lipinski definition) is 2. The Labute approximate surface area is 115 Å². The SMILES string of the molecule is COC1(F)C=CC(Cl)=CC1(Cl)C(C)n1ccnc1. The first kappa shape index (κ1) is 13.6. The number of ether oxygens (including phenoxy) is 1. The summed E-state index contributed by atoms with van der Waals surface area (Å²) in [6, 6.07) is -0.426. The van der Waals surface area contributed by atoms with E-state index in [1.165, 1.54) is 25.3 Å². The molecule has 6 heteroatoms. The van der Waals surface area contributed by atoms with Crippen LogP contribution in [0.25, 0.3) is 0 Å². The van der Waals surface area contributed by atoms with Gasteiger partial charge in [0.25, 0.3) is 5.85 Å². The lowest BCUT2D eigenvalue weighted by Crippen LogP contribution is -2.51. The monoisotopic (exact) mass is 290 g/mol. The Morgan fingerprint density at radius 2 is 2.28 bits per heavy atom. The number of imidazole rings is 1. The van der Waals surface area contributed by atoms with E-state index in [9.17, 15) is 4.39 Å². The summed E-state index contributed by atoms with van der Waals surface area (Å²) in [7, 11) is 1.27. The van der Waals surface area contributed by atoms with Crippen LogP contribution in [0.2, 0.25) is 0 Å². The van der Waals surface area contributed by atoms with Gasteiger partial charge in [0, 0.05) is 24.5 Å². The molecular weight excluding hydrogens is 278 g/mol. The molecule has 0 aliphatic heterocycles. The van der Waals surface area contributed by atoms with Gasteiger partial charge >= 0.3 is 0 Å². The summed E-state index contributed by atoms with van der Waals surface area (Å²) in [5.74, 6) is -2.13. The first-order chi connectivity index (χ1) is 8.43. The van der Waals surface area contributed by atoms with Crippen molar-refractivity contribution >= 4 is 23.2 Å². The van der Waals surface area contributed by atoms with Crippen molar-refractivity contribution in [3.8, 4) is 0 Å².